The highest BCUT2D eigenvalue weighted by molar-refractivity contribution is 7.89. The fourth-order valence-electron chi connectivity index (χ4n) is 5.68. The van der Waals surface area contributed by atoms with Crippen LogP contribution in [0.1, 0.15) is 42.3 Å². The maximum absolute atomic E-state index is 14.1. The van der Waals surface area contributed by atoms with Crippen LogP contribution in [0.25, 0.3) is 12.2 Å². The van der Waals surface area contributed by atoms with E-state index >= 15 is 0 Å². The van der Waals surface area contributed by atoms with Gasteiger partial charge in [0.15, 0.2) is 10.7 Å². The number of amides is 1. The molecule has 218 valence electrons. The second-order valence-electron chi connectivity index (χ2n) is 10.8. The highest BCUT2D eigenvalue weighted by Gasteiger charge is 2.38. The molecule has 41 heavy (non-hydrogen) atoms. The molecule has 0 saturated carbocycles. The Hall–Kier alpha value is -3.57. The number of carbonyl (C=O) groups is 1. The first-order chi connectivity index (χ1) is 19.5. The van der Waals surface area contributed by atoms with E-state index in [1.807, 2.05) is 11.0 Å². The number of hydrogen-bond donors (Lipinski definition) is 0. The lowest BCUT2D eigenvalue weighted by Gasteiger charge is -2.43. The van der Waals surface area contributed by atoms with Crippen molar-refractivity contribution in [3.63, 3.8) is 0 Å². The summed E-state index contributed by atoms with van der Waals surface area (Å²) in [5, 5.41) is 3.82. The lowest BCUT2D eigenvalue weighted by atomic mass is 9.95. The van der Waals surface area contributed by atoms with Gasteiger partial charge in [0, 0.05) is 62.0 Å². The minimum atomic E-state index is -3.98. The molecule has 2 fully saturated rings. The molecule has 2 saturated heterocycles. The van der Waals surface area contributed by atoms with E-state index in [2.05, 4.69) is 42.1 Å². The summed E-state index contributed by atoms with van der Waals surface area (Å²) in [7, 11) is -3.98. The zero-order valence-electron chi connectivity index (χ0n) is 23.4. The number of hydrogen-bond acceptors (Lipinski definition) is 6. The van der Waals surface area contributed by atoms with Crippen molar-refractivity contribution in [3.8, 4) is 0 Å². The molecule has 1 amide bonds. The lowest BCUT2D eigenvalue weighted by molar-refractivity contribution is -0.137. The van der Waals surface area contributed by atoms with Gasteiger partial charge in [-0.05, 0) is 75.6 Å². The number of carbonyl (C=O) groups excluding carboxylic acids is 1. The summed E-state index contributed by atoms with van der Waals surface area (Å²) in [5.74, 6) is -1.70. The van der Waals surface area contributed by atoms with Crippen LogP contribution in [0, 0.1) is 31.4 Å². The molecule has 0 bridgehead atoms. The molecule has 0 unspecified atom stereocenters. The molecule has 3 aromatic rings. The van der Waals surface area contributed by atoms with E-state index in [9.17, 15) is 22.0 Å². The Kier molecular flexibility index (Phi) is 8.28. The molecule has 0 N–H and O–H groups in total. The largest absolute Gasteiger partial charge is 0.365 e. The van der Waals surface area contributed by atoms with Crippen LogP contribution >= 0.6 is 0 Å². The van der Waals surface area contributed by atoms with Gasteiger partial charge in [-0.15, -0.1) is 0 Å². The fraction of sp³-hybridized carbons (Fsp3) is 0.400. The van der Waals surface area contributed by atoms with Crippen LogP contribution < -0.4 is 4.90 Å². The quantitative estimate of drug-likeness (QED) is 0.411. The molecule has 5 rings (SSSR count). The number of nitrogens with zero attached hydrogens (tertiary/aromatic N) is 4. The molecule has 3 heterocycles. The van der Waals surface area contributed by atoms with Crippen LogP contribution in [-0.2, 0) is 14.8 Å². The van der Waals surface area contributed by atoms with Gasteiger partial charge >= 0.3 is 0 Å². The lowest BCUT2D eigenvalue weighted by Crippen LogP contribution is -2.55. The number of rotatable bonds is 6. The third-order valence-corrected chi connectivity index (χ3v) is 9.94. The van der Waals surface area contributed by atoms with E-state index in [0.29, 0.717) is 25.9 Å². The summed E-state index contributed by atoms with van der Waals surface area (Å²) in [6.07, 6.45) is 3.47. The smallest absolute Gasteiger partial charge is 0.248 e. The zero-order chi connectivity index (χ0) is 29.3. The van der Waals surface area contributed by atoms with Crippen molar-refractivity contribution in [1.82, 2.24) is 14.4 Å². The van der Waals surface area contributed by atoms with Gasteiger partial charge in [0.05, 0.1) is 0 Å². The Bertz CT molecular complexity index is 1560. The molecular formula is C30H34F2N4O4S. The third kappa shape index (κ3) is 6.06. The van der Waals surface area contributed by atoms with Crippen molar-refractivity contribution >= 4 is 33.8 Å². The Morgan fingerprint density at radius 3 is 2.46 bits per heavy atom. The maximum atomic E-state index is 14.1. The van der Waals surface area contributed by atoms with Crippen LogP contribution in [0.15, 0.2) is 51.9 Å². The minimum Gasteiger partial charge on any atom is -0.365 e. The van der Waals surface area contributed by atoms with E-state index in [-0.39, 0.29) is 52.9 Å². The predicted molar refractivity (Wildman–Crippen MR) is 153 cm³/mol. The molecule has 0 spiro atoms. The maximum Gasteiger partial charge on any atom is 0.248 e. The first kappa shape index (κ1) is 28.9. The predicted octanol–water partition coefficient (Wildman–Crippen LogP) is 4.88. The zero-order valence-corrected chi connectivity index (χ0v) is 24.2. The monoisotopic (exact) mass is 584 g/mol. The molecule has 2 aromatic carbocycles. The van der Waals surface area contributed by atoms with E-state index in [4.69, 9.17) is 4.52 Å². The van der Waals surface area contributed by atoms with E-state index in [0.717, 1.165) is 24.4 Å². The Labute approximate surface area is 239 Å². The number of piperidine rings is 1. The van der Waals surface area contributed by atoms with Crippen molar-refractivity contribution < 1.29 is 26.5 Å². The van der Waals surface area contributed by atoms with Crippen molar-refractivity contribution in [2.24, 2.45) is 5.92 Å². The summed E-state index contributed by atoms with van der Waals surface area (Å²) < 4.78 is 61.1. The second-order valence-corrected chi connectivity index (χ2v) is 12.7. The molecule has 0 radical (unpaired) electrons. The third-order valence-electron chi connectivity index (χ3n) is 7.88. The molecule has 0 aliphatic carbocycles. The molecule has 11 heteroatoms. The van der Waals surface area contributed by atoms with Gasteiger partial charge in [-0.25, -0.2) is 17.2 Å². The van der Waals surface area contributed by atoms with Crippen molar-refractivity contribution in [3.05, 3.63) is 76.7 Å². The van der Waals surface area contributed by atoms with Crippen molar-refractivity contribution in [2.45, 2.75) is 44.6 Å². The summed E-state index contributed by atoms with van der Waals surface area (Å²) in [4.78, 5) is 17.5. The van der Waals surface area contributed by atoms with Crippen LogP contribution in [0.5, 0.6) is 0 Å². The van der Waals surface area contributed by atoms with Crippen LogP contribution in [0.3, 0.4) is 0 Å². The standard InChI is InChI=1S/C30H34F2N4O4S/c1-20-5-4-6-26(17-20)36-16-15-34(19-21(36)2)30(37)24-11-13-35(14-12-24)41(38,39)29-22(3)33-40-28(29)10-8-23-7-9-25(31)18-27(23)32/h4-10,17-18,21,24H,11-16,19H2,1-3H3/b10-8+/t21-/m1/s1. The van der Waals surface area contributed by atoms with Crippen LogP contribution in [0.2, 0.25) is 0 Å². The van der Waals surface area contributed by atoms with Crippen molar-refractivity contribution in [2.75, 3.05) is 37.6 Å². The summed E-state index contributed by atoms with van der Waals surface area (Å²) in [6.45, 7) is 8.09. The van der Waals surface area contributed by atoms with Gasteiger partial charge in [0.2, 0.25) is 15.9 Å². The molecular weight excluding hydrogens is 550 g/mol. The van der Waals surface area contributed by atoms with Gasteiger partial charge in [0.25, 0.3) is 0 Å². The number of aryl methyl sites for hydroxylation is 2. The molecule has 1 atom stereocenters. The molecule has 2 aliphatic rings. The fourth-order valence-corrected chi connectivity index (χ4v) is 7.40. The Morgan fingerprint density at radius 2 is 1.78 bits per heavy atom. The summed E-state index contributed by atoms with van der Waals surface area (Å²) >= 11 is 0. The molecule has 8 nitrogen and oxygen atoms in total. The number of anilines is 1. The van der Waals surface area contributed by atoms with Gasteiger partial charge in [-0.1, -0.05) is 17.3 Å². The summed E-state index contributed by atoms with van der Waals surface area (Å²) in [6, 6.07) is 11.6. The number of piperazine rings is 1. The number of halogens is 2. The first-order valence-electron chi connectivity index (χ1n) is 13.8. The van der Waals surface area contributed by atoms with Crippen LogP contribution in [-0.4, -0.2) is 67.5 Å². The highest BCUT2D eigenvalue weighted by atomic mass is 32.2. The van der Waals surface area contributed by atoms with Gasteiger partial charge in [0.1, 0.15) is 17.3 Å². The van der Waals surface area contributed by atoms with Gasteiger partial charge in [-0.2, -0.15) is 4.31 Å². The number of sulfonamides is 1. The minimum absolute atomic E-state index is 0.0371. The Morgan fingerprint density at radius 1 is 1.02 bits per heavy atom. The molecule has 2 aliphatic heterocycles. The van der Waals surface area contributed by atoms with E-state index < -0.39 is 21.7 Å². The van der Waals surface area contributed by atoms with E-state index in [1.165, 1.54) is 35.0 Å². The SMILES string of the molecule is Cc1cccc(N2CCN(C(=O)C3CCN(S(=O)(=O)c4c(C)noc4/C=C/c4ccc(F)cc4F)CC3)C[C@H]2C)c1. The van der Waals surface area contributed by atoms with Gasteiger partial charge in [-0.3, -0.25) is 4.79 Å². The van der Waals surface area contributed by atoms with E-state index in [1.54, 1.807) is 0 Å². The Balaban J connectivity index is 1.22. The average Bonchev–Trinajstić information content (AvgIpc) is 3.33. The highest BCUT2D eigenvalue weighted by Crippen LogP contribution is 2.31. The number of aromatic nitrogens is 1. The van der Waals surface area contributed by atoms with Crippen LogP contribution in [0.4, 0.5) is 14.5 Å². The first-order valence-corrected chi connectivity index (χ1v) is 15.2. The van der Waals surface area contributed by atoms with Crippen molar-refractivity contribution in [1.29, 1.82) is 0 Å². The topological polar surface area (TPSA) is 87.0 Å². The second kappa shape index (κ2) is 11.7. The molecule has 1 aromatic heterocycles. The summed E-state index contributed by atoms with van der Waals surface area (Å²) in [5.41, 5.74) is 2.62. The normalized spacial score (nSPS) is 19.3. The van der Waals surface area contributed by atoms with Gasteiger partial charge < -0.3 is 14.3 Å². The average molecular weight is 585 g/mol. The number of benzene rings is 2.